The van der Waals surface area contributed by atoms with Crippen LogP contribution < -0.4 is 16.4 Å². The fraction of sp³-hybridized carbons (Fsp3) is 0.786. The smallest absolute Gasteiger partial charge is 0.326 e. The largest absolute Gasteiger partial charge is 0.480 e. The Kier molecular flexibility index (Phi) is 6.98. The van der Waals surface area contributed by atoms with Crippen LogP contribution in [0.25, 0.3) is 0 Å². The van der Waals surface area contributed by atoms with E-state index in [-0.39, 0.29) is 18.9 Å². The summed E-state index contributed by atoms with van der Waals surface area (Å²) in [7, 11) is 0. The number of hydrogen-bond donors (Lipinski definition) is 4. The summed E-state index contributed by atoms with van der Waals surface area (Å²) in [5.41, 5.74) is 5.00. The molecule has 1 aliphatic carbocycles. The third-order valence-corrected chi connectivity index (χ3v) is 4.03. The van der Waals surface area contributed by atoms with E-state index in [4.69, 9.17) is 10.8 Å². The van der Waals surface area contributed by atoms with Crippen LogP contribution in [-0.4, -0.2) is 35.1 Å². The van der Waals surface area contributed by atoms with Crippen molar-refractivity contribution in [2.75, 3.05) is 0 Å². The number of nitrogens with two attached hydrogens (primary N) is 1. The van der Waals surface area contributed by atoms with Crippen LogP contribution in [0.4, 0.5) is 4.79 Å². The molecule has 0 spiro atoms. The summed E-state index contributed by atoms with van der Waals surface area (Å²) < 4.78 is 0. The Morgan fingerprint density at radius 1 is 1.29 bits per heavy atom. The average Bonchev–Trinajstić information content (AvgIpc) is 2.43. The molecule has 3 atom stereocenters. The van der Waals surface area contributed by atoms with Gasteiger partial charge in [0.1, 0.15) is 6.04 Å². The Bertz CT molecular complexity index is 386. The molecule has 1 fully saturated rings. The topological polar surface area (TPSA) is 122 Å². The van der Waals surface area contributed by atoms with Gasteiger partial charge < -0.3 is 21.5 Å². The van der Waals surface area contributed by atoms with E-state index in [1.165, 1.54) is 6.42 Å². The molecule has 0 aromatic carbocycles. The lowest BCUT2D eigenvalue weighted by atomic mass is 9.83. The molecule has 2 unspecified atom stereocenters. The molecule has 0 aromatic rings. The number of carboxylic acids is 1. The third kappa shape index (κ3) is 6.01. The number of carboxylic acid groups (broad SMARTS) is 1. The number of carbonyl (C=O) groups is 3. The molecule has 21 heavy (non-hydrogen) atoms. The Balaban J connectivity index is 2.48. The summed E-state index contributed by atoms with van der Waals surface area (Å²) in [5.74, 6) is -1.30. The number of nitrogens with one attached hydrogen (secondary N) is 2. The van der Waals surface area contributed by atoms with E-state index < -0.39 is 23.9 Å². The predicted molar refractivity (Wildman–Crippen MR) is 77.6 cm³/mol. The summed E-state index contributed by atoms with van der Waals surface area (Å²) in [4.78, 5) is 33.7. The third-order valence-electron chi connectivity index (χ3n) is 4.03. The van der Waals surface area contributed by atoms with Crippen LogP contribution in [0.2, 0.25) is 0 Å². The van der Waals surface area contributed by atoms with E-state index in [0.717, 1.165) is 25.7 Å². The minimum atomic E-state index is -1.16. The lowest BCUT2D eigenvalue weighted by molar-refractivity contribution is -0.139. The maximum Gasteiger partial charge on any atom is 0.326 e. The first-order chi connectivity index (χ1) is 9.93. The van der Waals surface area contributed by atoms with Gasteiger partial charge in [0.2, 0.25) is 5.91 Å². The first kappa shape index (κ1) is 17.3. The molecule has 0 aliphatic heterocycles. The number of rotatable bonds is 7. The summed E-state index contributed by atoms with van der Waals surface area (Å²) in [5, 5.41) is 14.3. The lowest BCUT2D eigenvalue weighted by Gasteiger charge is -2.31. The summed E-state index contributed by atoms with van der Waals surface area (Å²) in [6, 6.07) is -1.49. The average molecular weight is 299 g/mol. The molecule has 1 saturated carbocycles. The molecule has 0 bridgehead atoms. The highest BCUT2D eigenvalue weighted by molar-refractivity contribution is 5.83. The molecule has 5 N–H and O–H groups in total. The standard InChI is InChI=1S/C14H25N3O4/c1-2-9-5-3-4-6-10(9)16-14(21)17-11(13(19)20)7-8-12(15)18/h9-11H,2-8H2,1H3,(H2,15,18)(H,19,20)(H2,16,17,21)/t9?,10?,11-/m1/s1. The molecule has 7 nitrogen and oxygen atoms in total. The highest BCUT2D eigenvalue weighted by Gasteiger charge is 2.27. The van der Waals surface area contributed by atoms with Crippen LogP contribution in [-0.2, 0) is 9.59 Å². The van der Waals surface area contributed by atoms with Crippen LogP contribution in [0.15, 0.2) is 0 Å². The molecule has 1 aliphatic rings. The van der Waals surface area contributed by atoms with Gasteiger partial charge in [-0.2, -0.15) is 0 Å². The van der Waals surface area contributed by atoms with Gasteiger partial charge in [0.15, 0.2) is 0 Å². The van der Waals surface area contributed by atoms with Gasteiger partial charge in [-0.05, 0) is 25.2 Å². The molecule has 0 saturated heterocycles. The zero-order valence-electron chi connectivity index (χ0n) is 12.4. The number of carbonyl (C=O) groups excluding carboxylic acids is 2. The lowest BCUT2D eigenvalue weighted by Crippen LogP contribution is -2.51. The van der Waals surface area contributed by atoms with Gasteiger partial charge >= 0.3 is 12.0 Å². The van der Waals surface area contributed by atoms with Crippen molar-refractivity contribution >= 4 is 17.9 Å². The van der Waals surface area contributed by atoms with E-state index in [9.17, 15) is 14.4 Å². The van der Waals surface area contributed by atoms with Crippen LogP contribution >= 0.6 is 0 Å². The van der Waals surface area contributed by atoms with Crippen LogP contribution in [0.1, 0.15) is 51.9 Å². The molecule has 1 rings (SSSR count). The monoisotopic (exact) mass is 299 g/mol. The molecule has 0 heterocycles. The second-order valence-corrected chi connectivity index (χ2v) is 5.57. The molecular weight excluding hydrogens is 274 g/mol. The molecule has 7 heteroatoms. The van der Waals surface area contributed by atoms with Crippen molar-refractivity contribution in [1.82, 2.24) is 10.6 Å². The van der Waals surface area contributed by atoms with Gasteiger partial charge in [-0.3, -0.25) is 4.79 Å². The van der Waals surface area contributed by atoms with Crippen molar-refractivity contribution in [2.24, 2.45) is 11.7 Å². The van der Waals surface area contributed by atoms with Gasteiger partial charge in [0.25, 0.3) is 0 Å². The zero-order chi connectivity index (χ0) is 15.8. The Morgan fingerprint density at radius 3 is 2.52 bits per heavy atom. The summed E-state index contributed by atoms with van der Waals surface area (Å²) >= 11 is 0. The van der Waals surface area contributed by atoms with E-state index in [1.54, 1.807) is 0 Å². The van der Waals surface area contributed by atoms with Crippen molar-refractivity contribution in [1.29, 1.82) is 0 Å². The fourth-order valence-corrected chi connectivity index (χ4v) is 2.80. The van der Waals surface area contributed by atoms with Gasteiger partial charge in [-0.25, -0.2) is 9.59 Å². The maximum atomic E-state index is 11.9. The van der Waals surface area contributed by atoms with Crippen molar-refractivity contribution in [3.8, 4) is 0 Å². The van der Waals surface area contributed by atoms with E-state index in [2.05, 4.69) is 17.6 Å². The van der Waals surface area contributed by atoms with Crippen LogP contribution in [0, 0.1) is 5.92 Å². The minimum absolute atomic E-state index is 0.0000400. The van der Waals surface area contributed by atoms with Gasteiger partial charge in [-0.15, -0.1) is 0 Å². The SMILES string of the molecule is CCC1CCCCC1NC(=O)N[C@H](CCC(N)=O)C(=O)O. The number of aliphatic carboxylic acids is 1. The number of urea groups is 1. The van der Waals surface area contributed by atoms with E-state index >= 15 is 0 Å². The molecule has 0 radical (unpaired) electrons. The number of hydrogen-bond acceptors (Lipinski definition) is 3. The highest BCUT2D eigenvalue weighted by atomic mass is 16.4. The second-order valence-electron chi connectivity index (χ2n) is 5.57. The van der Waals surface area contributed by atoms with Gasteiger partial charge in [-0.1, -0.05) is 26.2 Å². The van der Waals surface area contributed by atoms with Crippen molar-refractivity contribution in [2.45, 2.75) is 64.0 Å². The van der Waals surface area contributed by atoms with Crippen molar-refractivity contribution < 1.29 is 19.5 Å². The van der Waals surface area contributed by atoms with Crippen molar-refractivity contribution in [3.05, 3.63) is 0 Å². The highest BCUT2D eigenvalue weighted by Crippen LogP contribution is 2.26. The second kappa shape index (κ2) is 8.49. The Hall–Kier alpha value is -1.79. The van der Waals surface area contributed by atoms with Gasteiger partial charge in [0, 0.05) is 12.5 Å². The molecule has 120 valence electrons. The van der Waals surface area contributed by atoms with E-state index in [1.807, 2.05) is 0 Å². The molecule has 0 aromatic heterocycles. The van der Waals surface area contributed by atoms with Crippen LogP contribution in [0.5, 0.6) is 0 Å². The summed E-state index contributed by atoms with van der Waals surface area (Å²) in [6.07, 6.45) is 5.18. The minimum Gasteiger partial charge on any atom is -0.480 e. The first-order valence-corrected chi connectivity index (χ1v) is 7.52. The zero-order valence-corrected chi connectivity index (χ0v) is 12.4. The number of amides is 3. The van der Waals surface area contributed by atoms with Crippen molar-refractivity contribution in [3.63, 3.8) is 0 Å². The number of primary amides is 1. The Labute approximate surface area is 124 Å². The maximum absolute atomic E-state index is 11.9. The van der Waals surface area contributed by atoms with E-state index in [0.29, 0.717) is 5.92 Å². The van der Waals surface area contributed by atoms with Crippen LogP contribution in [0.3, 0.4) is 0 Å². The molecule has 3 amide bonds. The fourth-order valence-electron chi connectivity index (χ4n) is 2.80. The predicted octanol–water partition coefficient (Wildman–Crippen LogP) is 0.973. The van der Waals surface area contributed by atoms with Gasteiger partial charge in [0.05, 0.1) is 0 Å². The normalized spacial score (nSPS) is 23.1. The Morgan fingerprint density at radius 2 is 1.95 bits per heavy atom. The molecular formula is C14H25N3O4. The first-order valence-electron chi connectivity index (χ1n) is 7.52. The summed E-state index contributed by atoms with van der Waals surface area (Å²) in [6.45, 7) is 2.09. The quantitative estimate of drug-likeness (QED) is 0.559.